The van der Waals surface area contributed by atoms with Gasteiger partial charge < -0.3 is 5.73 Å². The van der Waals surface area contributed by atoms with Crippen LogP contribution in [0.15, 0.2) is 33.6 Å². The molecule has 2 aromatic rings. The van der Waals surface area contributed by atoms with Crippen molar-refractivity contribution in [3.63, 3.8) is 0 Å². The van der Waals surface area contributed by atoms with Gasteiger partial charge in [0.05, 0.1) is 0 Å². The van der Waals surface area contributed by atoms with Crippen LogP contribution in [-0.2, 0) is 5.54 Å². The van der Waals surface area contributed by atoms with Crippen molar-refractivity contribution >= 4 is 5.69 Å². The quantitative estimate of drug-likeness (QED) is 0.763. The van der Waals surface area contributed by atoms with Crippen LogP contribution in [-0.4, -0.2) is 9.72 Å². The zero-order valence-electron chi connectivity index (χ0n) is 10.1. The van der Waals surface area contributed by atoms with Crippen LogP contribution in [0.5, 0.6) is 0 Å². The van der Waals surface area contributed by atoms with Crippen LogP contribution >= 0.6 is 0 Å². The summed E-state index contributed by atoms with van der Waals surface area (Å²) in [5.41, 5.74) is 6.74. The van der Waals surface area contributed by atoms with Crippen molar-refractivity contribution in [3.05, 3.63) is 34.8 Å². The minimum Gasteiger partial charge on any atom is -0.398 e. The van der Waals surface area contributed by atoms with Crippen LogP contribution in [0.2, 0.25) is 0 Å². The van der Waals surface area contributed by atoms with E-state index in [9.17, 15) is 4.79 Å². The third-order valence-corrected chi connectivity index (χ3v) is 2.48. The van der Waals surface area contributed by atoms with Gasteiger partial charge in [-0.15, -0.1) is 0 Å². The fourth-order valence-corrected chi connectivity index (χ4v) is 1.71. The van der Waals surface area contributed by atoms with Gasteiger partial charge in [0.15, 0.2) is 5.82 Å². The SMILES string of the molecule is CC(C)(C)n1c(-c2ccccc2N)noc1=O. The Morgan fingerprint density at radius 1 is 1.29 bits per heavy atom. The van der Waals surface area contributed by atoms with Crippen molar-refractivity contribution in [2.45, 2.75) is 26.3 Å². The van der Waals surface area contributed by atoms with Crippen LogP contribution in [0, 0.1) is 0 Å². The number of hydrogen-bond acceptors (Lipinski definition) is 4. The number of benzene rings is 1. The zero-order valence-corrected chi connectivity index (χ0v) is 10.1. The molecule has 0 aliphatic carbocycles. The van der Waals surface area contributed by atoms with Crippen molar-refractivity contribution in [1.29, 1.82) is 0 Å². The van der Waals surface area contributed by atoms with Gasteiger partial charge in [-0.25, -0.2) is 4.79 Å². The molecule has 1 aromatic carbocycles. The fourth-order valence-electron chi connectivity index (χ4n) is 1.71. The highest BCUT2D eigenvalue weighted by Gasteiger charge is 2.24. The summed E-state index contributed by atoms with van der Waals surface area (Å²) in [7, 11) is 0. The molecule has 2 rings (SSSR count). The summed E-state index contributed by atoms with van der Waals surface area (Å²) in [6.07, 6.45) is 0. The number of para-hydroxylation sites is 1. The van der Waals surface area contributed by atoms with Crippen molar-refractivity contribution in [2.75, 3.05) is 5.73 Å². The number of hydrogen-bond donors (Lipinski definition) is 1. The molecule has 0 bridgehead atoms. The van der Waals surface area contributed by atoms with Crippen molar-refractivity contribution in [1.82, 2.24) is 9.72 Å². The zero-order chi connectivity index (χ0) is 12.6. The summed E-state index contributed by atoms with van der Waals surface area (Å²) >= 11 is 0. The summed E-state index contributed by atoms with van der Waals surface area (Å²) in [5.74, 6) is -0.0173. The Labute approximate surface area is 98.8 Å². The maximum Gasteiger partial charge on any atom is 0.442 e. The van der Waals surface area contributed by atoms with Crippen LogP contribution in [0.1, 0.15) is 20.8 Å². The first-order chi connectivity index (χ1) is 7.91. The molecule has 5 heteroatoms. The highest BCUT2D eigenvalue weighted by molar-refractivity contribution is 5.71. The molecule has 0 saturated carbocycles. The summed E-state index contributed by atoms with van der Waals surface area (Å²) < 4.78 is 6.23. The third kappa shape index (κ3) is 1.95. The second-order valence-electron chi connectivity index (χ2n) is 4.87. The monoisotopic (exact) mass is 233 g/mol. The normalized spacial score (nSPS) is 11.7. The van der Waals surface area contributed by atoms with Gasteiger partial charge in [0, 0.05) is 16.8 Å². The average Bonchev–Trinajstić information content (AvgIpc) is 2.60. The summed E-state index contributed by atoms with van der Waals surface area (Å²) in [5, 5.41) is 3.81. The standard InChI is InChI=1S/C12H15N3O2/c1-12(2,3)15-10(14-17-11(15)16)8-6-4-5-7-9(8)13/h4-7H,13H2,1-3H3. The smallest absolute Gasteiger partial charge is 0.398 e. The Morgan fingerprint density at radius 3 is 2.53 bits per heavy atom. The van der Waals surface area contributed by atoms with Crippen LogP contribution < -0.4 is 11.5 Å². The van der Waals surface area contributed by atoms with Crippen LogP contribution in [0.25, 0.3) is 11.4 Å². The highest BCUT2D eigenvalue weighted by Crippen LogP contribution is 2.26. The minimum absolute atomic E-state index is 0.408. The Balaban J connectivity index is 2.71. The molecule has 0 amide bonds. The van der Waals surface area contributed by atoms with Crippen molar-refractivity contribution < 1.29 is 4.52 Å². The first-order valence-corrected chi connectivity index (χ1v) is 5.35. The maximum absolute atomic E-state index is 11.7. The van der Waals surface area contributed by atoms with Gasteiger partial charge in [-0.2, -0.15) is 0 Å². The van der Waals surface area contributed by atoms with Crippen molar-refractivity contribution in [3.8, 4) is 11.4 Å². The summed E-state index contributed by atoms with van der Waals surface area (Å²) in [6, 6.07) is 7.26. The molecule has 0 unspecified atom stereocenters. The largest absolute Gasteiger partial charge is 0.442 e. The van der Waals surface area contributed by atoms with Gasteiger partial charge in [0.1, 0.15) is 0 Å². The first-order valence-electron chi connectivity index (χ1n) is 5.35. The number of aromatic nitrogens is 2. The molecule has 0 radical (unpaired) electrons. The molecule has 0 aliphatic heterocycles. The second-order valence-corrected chi connectivity index (χ2v) is 4.87. The number of rotatable bonds is 1. The van der Waals surface area contributed by atoms with E-state index in [0.29, 0.717) is 17.1 Å². The number of anilines is 1. The molecule has 90 valence electrons. The lowest BCUT2D eigenvalue weighted by Crippen LogP contribution is -2.31. The molecule has 0 atom stereocenters. The van der Waals surface area contributed by atoms with E-state index in [1.807, 2.05) is 39.0 Å². The van der Waals surface area contributed by atoms with E-state index in [1.54, 1.807) is 6.07 Å². The molecule has 0 saturated heterocycles. The van der Waals surface area contributed by atoms with Crippen LogP contribution in [0.4, 0.5) is 5.69 Å². The third-order valence-electron chi connectivity index (χ3n) is 2.48. The molecule has 2 N–H and O–H groups in total. The maximum atomic E-state index is 11.7. The van der Waals surface area contributed by atoms with Gasteiger partial charge in [0.25, 0.3) is 0 Å². The lowest BCUT2D eigenvalue weighted by atomic mass is 10.1. The van der Waals surface area contributed by atoms with Gasteiger partial charge in [0.2, 0.25) is 0 Å². The van der Waals surface area contributed by atoms with Crippen LogP contribution in [0.3, 0.4) is 0 Å². The van der Waals surface area contributed by atoms with Gasteiger partial charge in [-0.05, 0) is 32.9 Å². The molecule has 1 aromatic heterocycles. The number of nitrogen functional groups attached to an aromatic ring is 1. The van der Waals surface area contributed by atoms with E-state index >= 15 is 0 Å². The predicted molar refractivity (Wildman–Crippen MR) is 65.6 cm³/mol. The molecule has 1 heterocycles. The average molecular weight is 233 g/mol. The molecule has 5 nitrogen and oxygen atoms in total. The molecule has 0 fully saturated rings. The van der Waals surface area contributed by atoms with Gasteiger partial charge in [-0.3, -0.25) is 9.09 Å². The Morgan fingerprint density at radius 2 is 1.94 bits per heavy atom. The lowest BCUT2D eigenvalue weighted by molar-refractivity contribution is 0.330. The molecular weight excluding hydrogens is 218 g/mol. The van der Waals surface area contributed by atoms with E-state index in [-0.39, 0.29) is 0 Å². The lowest BCUT2D eigenvalue weighted by Gasteiger charge is -2.20. The Kier molecular flexibility index (Phi) is 2.53. The van der Waals surface area contributed by atoms with Gasteiger partial charge >= 0.3 is 5.76 Å². The molecule has 0 spiro atoms. The topological polar surface area (TPSA) is 74.1 Å². The first kappa shape index (κ1) is 11.4. The van der Waals surface area contributed by atoms with E-state index < -0.39 is 11.3 Å². The number of nitrogens with zero attached hydrogens (tertiary/aromatic N) is 2. The summed E-state index contributed by atoms with van der Waals surface area (Å²) in [6.45, 7) is 5.73. The fraction of sp³-hybridized carbons (Fsp3) is 0.333. The number of nitrogens with two attached hydrogens (primary N) is 1. The van der Waals surface area contributed by atoms with Crippen molar-refractivity contribution in [2.24, 2.45) is 0 Å². The minimum atomic E-state index is -0.476. The van der Waals surface area contributed by atoms with Gasteiger partial charge in [-0.1, -0.05) is 17.3 Å². The van der Waals surface area contributed by atoms with E-state index in [4.69, 9.17) is 10.3 Å². The highest BCUT2D eigenvalue weighted by atomic mass is 16.5. The predicted octanol–water partition coefficient (Wildman–Crippen LogP) is 1.84. The summed E-state index contributed by atoms with van der Waals surface area (Å²) in [4.78, 5) is 11.7. The second kappa shape index (κ2) is 3.76. The molecule has 17 heavy (non-hydrogen) atoms. The molecular formula is C12H15N3O2. The Bertz CT molecular complexity index is 590. The van der Waals surface area contributed by atoms with E-state index in [2.05, 4.69) is 5.16 Å². The molecule has 0 aliphatic rings. The van der Waals surface area contributed by atoms with E-state index in [0.717, 1.165) is 0 Å². The Hall–Kier alpha value is -2.04. The van der Waals surface area contributed by atoms with E-state index in [1.165, 1.54) is 4.57 Å².